The highest BCUT2D eigenvalue weighted by atomic mass is 16.5. The Balaban J connectivity index is 1.70. The molecule has 1 aromatic heterocycles. The van der Waals surface area contributed by atoms with E-state index in [1.54, 1.807) is 19.3 Å². The largest absolute Gasteiger partial charge is 0.493 e. The van der Waals surface area contributed by atoms with Crippen molar-refractivity contribution < 1.29 is 19.8 Å². The van der Waals surface area contributed by atoms with E-state index in [1.807, 2.05) is 54.6 Å². The molecule has 0 saturated heterocycles. The van der Waals surface area contributed by atoms with Gasteiger partial charge >= 0.3 is 5.69 Å². The van der Waals surface area contributed by atoms with E-state index in [2.05, 4.69) is 4.98 Å². The maximum Gasteiger partial charge on any atom is 0.329 e. The molecule has 30 heavy (non-hydrogen) atoms. The Morgan fingerprint density at radius 3 is 2.30 bits per heavy atom. The lowest BCUT2D eigenvalue weighted by molar-refractivity contribution is -0.134. The van der Waals surface area contributed by atoms with Crippen molar-refractivity contribution in [1.29, 1.82) is 0 Å². The van der Waals surface area contributed by atoms with E-state index >= 15 is 0 Å². The fourth-order valence-corrected chi connectivity index (χ4v) is 3.32. The Kier molecular flexibility index (Phi) is 6.58. The Hall–Kier alpha value is -3.52. The molecule has 1 amide bonds. The van der Waals surface area contributed by atoms with Gasteiger partial charge in [-0.25, -0.2) is 10.3 Å². The quantitative estimate of drug-likeness (QED) is 0.336. The van der Waals surface area contributed by atoms with Crippen molar-refractivity contribution in [2.24, 2.45) is 5.92 Å². The number of hydrogen-bond donors (Lipinski definition) is 4. The van der Waals surface area contributed by atoms with Crippen LogP contribution < -0.4 is 15.9 Å². The molecular formula is C22H25N3O5. The van der Waals surface area contributed by atoms with Gasteiger partial charge in [-0.05, 0) is 48.6 Å². The average Bonchev–Trinajstić information content (AvgIpc) is 3.02. The number of H-pyrrole nitrogens is 1. The number of aromatic hydroxyl groups is 1. The lowest BCUT2D eigenvalue weighted by Gasteiger charge is -2.19. The van der Waals surface area contributed by atoms with Crippen molar-refractivity contribution in [2.45, 2.75) is 32.7 Å². The van der Waals surface area contributed by atoms with Crippen LogP contribution >= 0.6 is 0 Å². The van der Waals surface area contributed by atoms with Crippen LogP contribution in [0.5, 0.6) is 17.4 Å². The number of imidazole rings is 1. The number of carbonyl (C=O) groups is 1. The number of para-hydroxylation sites is 1. The highest BCUT2D eigenvalue weighted by Gasteiger charge is 2.29. The molecule has 1 heterocycles. The minimum Gasteiger partial charge on any atom is -0.493 e. The summed E-state index contributed by atoms with van der Waals surface area (Å²) >= 11 is 0. The van der Waals surface area contributed by atoms with Crippen molar-refractivity contribution >= 4 is 5.91 Å². The molecular weight excluding hydrogens is 386 g/mol. The number of nitrogens with zero attached hydrogens (tertiary/aromatic N) is 1. The number of benzene rings is 2. The first-order valence-corrected chi connectivity index (χ1v) is 9.68. The van der Waals surface area contributed by atoms with Crippen LogP contribution in [0.4, 0.5) is 0 Å². The highest BCUT2D eigenvalue weighted by Crippen LogP contribution is 2.25. The van der Waals surface area contributed by atoms with Gasteiger partial charge in [0.25, 0.3) is 5.91 Å². The number of nitrogens with one attached hydrogen (secondary N) is 2. The van der Waals surface area contributed by atoms with Gasteiger partial charge in [0.1, 0.15) is 17.5 Å². The zero-order valence-electron chi connectivity index (χ0n) is 16.8. The molecule has 0 aliphatic rings. The summed E-state index contributed by atoms with van der Waals surface area (Å²) in [6, 6.07) is 16.0. The summed E-state index contributed by atoms with van der Waals surface area (Å²) in [4.78, 5) is 26.9. The first-order chi connectivity index (χ1) is 14.4. The lowest BCUT2D eigenvalue weighted by atomic mass is 10.0. The summed E-state index contributed by atoms with van der Waals surface area (Å²) in [7, 11) is 0. The summed E-state index contributed by atoms with van der Waals surface area (Å²) in [6.45, 7) is 3.44. The van der Waals surface area contributed by atoms with Gasteiger partial charge in [0.2, 0.25) is 5.88 Å². The van der Waals surface area contributed by atoms with Gasteiger partial charge in [-0.1, -0.05) is 44.2 Å². The molecule has 2 aromatic carbocycles. The highest BCUT2D eigenvalue weighted by molar-refractivity contribution is 5.79. The van der Waals surface area contributed by atoms with Gasteiger partial charge in [-0.15, -0.1) is 0 Å². The van der Waals surface area contributed by atoms with E-state index in [1.165, 1.54) is 0 Å². The molecule has 8 heteroatoms. The molecule has 3 rings (SSSR count). The van der Waals surface area contributed by atoms with Crippen LogP contribution in [0.15, 0.2) is 59.4 Å². The van der Waals surface area contributed by atoms with E-state index in [0.29, 0.717) is 24.3 Å². The van der Waals surface area contributed by atoms with Crippen molar-refractivity contribution in [2.75, 3.05) is 0 Å². The molecule has 3 aromatic rings. The first-order valence-electron chi connectivity index (χ1n) is 9.68. The van der Waals surface area contributed by atoms with Crippen LogP contribution in [0.3, 0.4) is 0 Å². The second kappa shape index (κ2) is 9.32. The summed E-state index contributed by atoms with van der Waals surface area (Å²) < 4.78 is 6.74. The average molecular weight is 411 g/mol. The lowest BCUT2D eigenvalue weighted by Crippen LogP contribution is -2.37. The normalized spacial score (nSPS) is 12.0. The van der Waals surface area contributed by atoms with Crippen molar-refractivity contribution in [1.82, 2.24) is 15.0 Å². The minimum absolute atomic E-state index is 0.300. The number of carbonyl (C=O) groups excluding carboxylic acids is 1. The predicted octanol–water partition coefficient (Wildman–Crippen LogP) is 3.16. The Morgan fingerprint density at radius 2 is 1.70 bits per heavy atom. The van der Waals surface area contributed by atoms with Crippen molar-refractivity contribution in [3.8, 4) is 17.4 Å². The monoisotopic (exact) mass is 411 g/mol. The number of ether oxygens (including phenoxy) is 1. The number of aromatic amines is 1. The van der Waals surface area contributed by atoms with Crippen LogP contribution in [0.1, 0.15) is 31.1 Å². The molecule has 0 fully saturated rings. The molecule has 158 valence electrons. The third kappa shape index (κ3) is 4.72. The van der Waals surface area contributed by atoms with E-state index < -0.39 is 17.6 Å². The standard InChI is InChI=1S/C22H25N3O5/c1-14(2)19(20(26)24-29)25-21(27)18(23-22(25)28)13-10-15-8-11-17(12-9-15)30-16-6-4-3-5-7-16/h3-9,11-12,14,19,27,29H,10,13H2,1-2H3,(H,23,28)(H,24,26). The van der Waals surface area contributed by atoms with Crippen LogP contribution in [-0.2, 0) is 17.6 Å². The maximum absolute atomic E-state index is 12.3. The third-order valence-electron chi connectivity index (χ3n) is 4.83. The van der Waals surface area contributed by atoms with Crippen LogP contribution in [0, 0.1) is 5.92 Å². The Labute approximate surface area is 173 Å². The van der Waals surface area contributed by atoms with Gasteiger partial charge in [-0.2, -0.15) is 0 Å². The topological polar surface area (TPSA) is 117 Å². The van der Waals surface area contributed by atoms with Crippen molar-refractivity contribution in [3.63, 3.8) is 0 Å². The Bertz CT molecular complexity index is 1040. The molecule has 0 radical (unpaired) electrons. The molecule has 0 spiro atoms. The van der Waals surface area contributed by atoms with Crippen LogP contribution in [-0.4, -0.2) is 25.8 Å². The minimum atomic E-state index is -1.03. The molecule has 8 nitrogen and oxygen atoms in total. The van der Waals surface area contributed by atoms with Crippen LogP contribution in [0.2, 0.25) is 0 Å². The Morgan fingerprint density at radius 1 is 1.07 bits per heavy atom. The van der Waals surface area contributed by atoms with Gasteiger partial charge in [0, 0.05) is 0 Å². The summed E-state index contributed by atoms with van der Waals surface area (Å²) in [5.74, 6) is 0.0812. The van der Waals surface area contributed by atoms with E-state index in [0.717, 1.165) is 15.9 Å². The van der Waals surface area contributed by atoms with E-state index in [9.17, 15) is 14.7 Å². The molecule has 1 atom stereocenters. The number of aromatic nitrogens is 2. The number of hydroxylamine groups is 1. The molecule has 0 saturated carbocycles. The van der Waals surface area contributed by atoms with Gasteiger partial charge in [0.15, 0.2) is 0 Å². The third-order valence-corrected chi connectivity index (χ3v) is 4.83. The number of rotatable bonds is 8. The second-order valence-corrected chi connectivity index (χ2v) is 7.33. The molecule has 0 aliphatic carbocycles. The predicted molar refractivity (Wildman–Crippen MR) is 111 cm³/mol. The summed E-state index contributed by atoms with van der Waals surface area (Å²) in [6.07, 6.45) is 0.941. The smallest absolute Gasteiger partial charge is 0.329 e. The van der Waals surface area contributed by atoms with Gasteiger partial charge in [-0.3, -0.25) is 14.6 Å². The van der Waals surface area contributed by atoms with E-state index in [-0.39, 0.29) is 11.8 Å². The van der Waals surface area contributed by atoms with Crippen molar-refractivity contribution in [3.05, 3.63) is 76.3 Å². The fraction of sp³-hybridized carbons (Fsp3) is 0.273. The molecule has 4 N–H and O–H groups in total. The number of hydrogen-bond acceptors (Lipinski definition) is 5. The summed E-state index contributed by atoms with van der Waals surface area (Å²) in [5, 5.41) is 19.5. The maximum atomic E-state index is 12.3. The molecule has 0 bridgehead atoms. The van der Waals surface area contributed by atoms with E-state index in [4.69, 9.17) is 9.94 Å². The first kappa shape index (κ1) is 21.2. The molecule has 1 unspecified atom stereocenters. The molecule has 0 aliphatic heterocycles. The number of amides is 1. The fourth-order valence-electron chi connectivity index (χ4n) is 3.32. The second-order valence-electron chi connectivity index (χ2n) is 7.33. The number of aryl methyl sites for hydroxylation is 2. The zero-order chi connectivity index (χ0) is 21.7. The zero-order valence-corrected chi connectivity index (χ0v) is 16.8. The van der Waals surface area contributed by atoms with Crippen LogP contribution in [0.25, 0.3) is 0 Å². The van der Waals surface area contributed by atoms with Gasteiger partial charge in [0.05, 0.1) is 5.69 Å². The van der Waals surface area contributed by atoms with Gasteiger partial charge < -0.3 is 14.8 Å². The summed E-state index contributed by atoms with van der Waals surface area (Å²) in [5.41, 5.74) is 2.28. The SMILES string of the molecule is CC(C)C(C(=O)NO)n1c(O)c(CCc2ccc(Oc3ccccc3)cc2)[nH]c1=O.